The van der Waals surface area contributed by atoms with Crippen molar-refractivity contribution in [3.8, 4) is 0 Å². The zero-order chi connectivity index (χ0) is 27.3. The molecule has 38 heavy (non-hydrogen) atoms. The Morgan fingerprint density at radius 1 is 1.11 bits per heavy atom. The molecule has 1 aliphatic carbocycles. The molecule has 1 saturated heterocycles. The van der Waals surface area contributed by atoms with Gasteiger partial charge < -0.3 is 25.8 Å². The molecule has 1 aromatic carbocycles. The van der Waals surface area contributed by atoms with Crippen LogP contribution in [-0.2, 0) is 20.5 Å². The number of aromatic nitrogens is 2. The molecule has 0 bridgehead atoms. The summed E-state index contributed by atoms with van der Waals surface area (Å²) >= 11 is 0. The van der Waals surface area contributed by atoms with Gasteiger partial charge in [0, 0.05) is 31.6 Å². The number of benzene rings is 1. The van der Waals surface area contributed by atoms with Gasteiger partial charge in [-0.1, -0.05) is 12.1 Å². The van der Waals surface area contributed by atoms with Crippen LogP contribution in [0.2, 0.25) is 0 Å². The van der Waals surface area contributed by atoms with Crippen molar-refractivity contribution in [2.24, 2.45) is 11.3 Å². The molecular formula is C25H29F4N5O4. The number of alkyl halides is 3. The summed E-state index contributed by atoms with van der Waals surface area (Å²) in [6.07, 6.45) is -0.506. The molecule has 4 rings (SSSR count). The lowest BCUT2D eigenvalue weighted by molar-refractivity contribution is -0.138. The Balaban J connectivity index is 1.46. The van der Waals surface area contributed by atoms with Crippen LogP contribution < -0.4 is 16.0 Å². The number of nitrogens with zero attached hydrogens (tertiary/aromatic N) is 2. The largest absolute Gasteiger partial charge is 0.480 e. The van der Waals surface area contributed by atoms with Crippen LogP contribution in [0.3, 0.4) is 0 Å². The second-order valence-corrected chi connectivity index (χ2v) is 9.78. The molecule has 2 aromatic rings. The monoisotopic (exact) mass is 539 g/mol. The SMILES string of the molecule is O=C(O)CNC(=O)CC1(CNc2ncnc(NC(c3ccc(C(F)(F)F)cc3)C3CC3)c2F)CCOCC1. The summed E-state index contributed by atoms with van der Waals surface area (Å²) < 4.78 is 59.8. The average Bonchev–Trinajstić information content (AvgIpc) is 3.72. The fourth-order valence-electron chi connectivity index (χ4n) is 4.59. The highest BCUT2D eigenvalue weighted by atomic mass is 19.4. The molecule has 9 nitrogen and oxygen atoms in total. The number of carboxylic acids is 1. The van der Waals surface area contributed by atoms with Gasteiger partial charge in [-0.2, -0.15) is 17.6 Å². The third-order valence-corrected chi connectivity index (χ3v) is 6.93. The maximum atomic E-state index is 15.4. The molecule has 2 fully saturated rings. The first-order chi connectivity index (χ1) is 18.1. The van der Waals surface area contributed by atoms with E-state index in [0.717, 1.165) is 25.0 Å². The first-order valence-corrected chi connectivity index (χ1v) is 12.3. The normalized spacial score (nSPS) is 17.9. The summed E-state index contributed by atoms with van der Waals surface area (Å²) in [5, 5.41) is 17.2. The summed E-state index contributed by atoms with van der Waals surface area (Å²) in [6.45, 7) is 0.511. The topological polar surface area (TPSA) is 125 Å². The predicted octanol–water partition coefficient (Wildman–Crippen LogP) is 4.00. The number of carboxylic acid groups (broad SMARTS) is 1. The molecule has 0 radical (unpaired) electrons. The van der Waals surface area contributed by atoms with Gasteiger partial charge in [0.05, 0.1) is 11.6 Å². The molecule has 1 unspecified atom stereocenters. The molecule has 206 valence electrons. The van der Waals surface area contributed by atoms with E-state index in [0.29, 0.717) is 31.6 Å². The number of hydrogen-bond acceptors (Lipinski definition) is 7. The van der Waals surface area contributed by atoms with E-state index in [-0.39, 0.29) is 30.5 Å². The van der Waals surface area contributed by atoms with E-state index >= 15 is 4.39 Å². The second kappa shape index (κ2) is 11.5. The number of carbonyl (C=O) groups is 2. The molecule has 1 atom stereocenters. The Morgan fingerprint density at radius 3 is 2.37 bits per heavy atom. The van der Waals surface area contributed by atoms with Crippen LogP contribution in [0.4, 0.5) is 29.2 Å². The quantitative estimate of drug-likeness (QED) is 0.316. The Hall–Kier alpha value is -3.48. The fraction of sp³-hybridized carbons (Fsp3) is 0.520. The van der Waals surface area contributed by atoms with Crippen molar-refractivity contribution < 1.29 is 37.0 Å². The number of ether oxygens (including phenoxy) is 1. The number of anilines is 2. The van der Waals surface area contributed by atoms with Crippen LogP contribution in [0.5, 0.6) is 0 Å². The summed E-state index contributed by atoms with van der Waals surface area (Å²) in [5.74, 6) is -2.36. The number of amides is 1. The molecule has 1 amide bonds. The lowest BCUT2D eigenvalue weighted by Crippen LogP contribution is -2.41. The van der Waals surface area contributed by atoms with Gasteiger partial charge in [-0.05, 0) is 49.3 Å². The minimum Gasteiger partial charge on any atom is -0.480 e. The van der Waals surface area contributed by atoms with Gasteiger partial charge in [-0.15, -0.1) is 0 Å². The minimum atomic E-state index is -4.45. The van der Waals surface area contributed by atoms with Crippen molar-refractivity contribution >= 4 is 23.5 Å². The van der Waals surface area contributed by atoms with Crippen LogP contribution in [-0.4, -0.2) is 53.3 Å². The third-order valence-electron chi connectivity index (χ3n) is 6.93. The van der Waals surface area contributed by atoms with E-state index in [4.69, 9.17) is 9.84 Å². The fourth-order valence-corrected chi connectivity index (χ4v) is 4.59. The molecule has 1 saturated carbocycles. The third kappa shape index (κ3) is 7.09. The van der Waals surface area contributed by atoms with Crippen molar-refractivity contribution in [3.05, 3.63) is 47.5 Å². The lowest BCUT2D eigenvalue weighted by atomic mass is 9.77. The summed E-state index contributed by atoms with van der Waals surface area (Å²) in [6, 6.07) is 4.38. The number of nitrogens with one attached hydrogen (secondary N) is 3. The second-order valence-electron chi connectivity index (χ2n) is 9.78. The molecule has 13 heteroatoms. The van der Waals surface area contributed by atoms with E-state index in [9.17, 15) is 22.8 Å². The number of carbonyl (C=O) groups excluding carboxylic acids is 1. The summed E-state index contributed by atoms with van der Waals surface area (Å²) in [5.41, 5.74) is -0.751. The van der Waals surface area contributed by atoms with Crippen molar-refractivity contribution in [2.75, 3.05) is 36.9 Å². The summed E-state index contributed by atoms with van der Waals surface area (Å²) in [7, 11) is 0. The van der Waals surface area contributed by atoms with Crippen LogP contribution in [0.15, 0.2) is 30.6 Å². The standard InChI is InChI=1S/C25H29F4N5O4/c26-20-22(31-13-24(7-9-38-10-8-24)11-18(35)30-12-19(36)37)32-14-33-23(20)34-21(15-1-2-15)16-3-5-17(6-4-16)25(27,28)29/h3-6,14-15,21H,1-2,7-13H2,(H,30,35)(H,36,37)(H2,31,32,33,34). The van der Waals surface area contributed by atoms with E-state index in [1.54, 1.807) is 0 Å². The number of aliphatic carboxylic acids is 1. The Kier molecular flexibility index (Phi) is 8.34. The van der Waals surface area contributed by atoms with Crippen LogP contribution in [0, 0.1) is 17.2 Å². The first-order valence-electron chi connectivity index (χ1n) is 12.3. The Bertz CT molecular complexity index is 1140. The van der Waals surface area contributed by atoms with E-state index in [1.165, 1.54) is 18.5 Å². The van der Waals surface area contributed by atoms with Gasteiger partial charge in [0.2, 0.25) is 11.7 Å². The van der Waals surface area contributed by atoms with Gasteiger partial charge in [0.25, 0.3) is 0 Å². The summed E-state index contributed by atoms with van der Waals surface area (Å²) in [4.78, 5) is 31.1. The zero-order valence-corrected chi connectivity index (χ0v) is 20.5. The number of halogens is 4. The van der Waals surface area contributed by atoms with Crippen LogP contribution in [0.25, 0.3) is 0 Å². The molecular weight excluding hydrogens is 510 g/mol. The van der Waals surface area contributed by atoms with Gasteiger partial charge >= 0.3 is 12.1 Å². The molecule has 2 heterocycles. The first kappa shape index (κ1) is 27.6. The van der Waals surface area contributed by atoms with E-state index < -0.39 is 47.4 Å². The predicted molar refractivity (Wildman–Crippen MR) is 129 cm³/mol. The van der Waals surface area contributed by atoms with Gasteiger partial charge in [0.15, 0.2) is 11.6 Å². The van der Waals surface area contributed by atoms with Gasteiger partial charge in [-0.25, -0.2) is 9.97 Å². The molecule has 2 aliphatic rings. The molecule has 1 aromatic heterocycles. The van der Waals surface area contributed by atoms with Crippen LogP contribution in [0.1, 0.15) is 49.3 Å². The lowest BCUT2D eigenvalue weighted by Gasteiger charge is -2.37. The van der Waals surface area contributed by atoms with Crippen molar-refractivity contribution in [1.82, 2.24) is 15.3 Å². The highest BCUT2D eigenvalue weighted by Gasteiger charge is 2.37. The van der Waals surface area contributed by atoms with E-state index in [2.05, 4.69) is 25.9 Å². The van der Waals surface area contributed by atoms with Crippen molar-refractivity contribution in [3.63, 3.8) is 0 Å². The molecule has 0 spiro atoms. The van der Waals surface area contributed by atoms with Crippen molar-refractivity contribution in [1.29, 1.82) is 0 Å². The zero-order valence-electron chi connectivity index (χ0n) is 20.5. The van der Waals surface area contributed by atoms with Gasteiger partial charge in [-0.3, -0.25) is 9.59 Å². The number of rotatable bonds is 11. The number of hydrogen-bond donors (Lipinski definition) is 4. The van der Waals surface area contributed by atoms with Crippen LogP contribution >= 0.6 is 0 Å². The highest BCUT2D eigenvalue weighted by Crippen LogP contribution is 2.44. The molecule has 1 aliphatic heterocycles. The Labute approximate surface area is 216 Å². The van der Waals surface area contributed by atoms with Gasteiger partial charge in [0.1, 0.15) is 12.9 Å². The maximum Gasteiger partial charge on any atom is 0.416 e. The smallest absolute Gasteiger partial charge is 0.416 e. The van der Waals surface area contributed by atoms with Crippen molar-refractivity contribution in [2.45, 2.75) is 44.3 Å². The minimum absolute atomic E-state index is 0.0339. The maximum absolute atomic E-state index is 15.4. The average molecular weight is 540 g/mol. The highest BCUT2D eigenvalue weighted by molar-refractivity contribution is 5.81. The van der Waals surface area contributed by atoms with E-state index in [1.807, 2.05) is 0 Å². The molecule has 4 N–H and O–H groups in total. The Morgan fingerprint density at radius 2 is 1.76 bits per heavy atom.